The van der Waals surface area contributed by atoms with Crippen molar-refractivity contribution in [2.75, 3.05) is 0 Å². The van der Waals surface area contributed by atoms with Crippen LogP contribution < -0.4 is 0 Å². The monoisotopic (exact) mass is 438 g/mol. The molecule has 0 unspecified atom stereocenters. The van der Waals surface area contributed by atoms with Crippen LogP contribution in [0.3, 0.4) is 0 Å². The number of rotatable bonds is 9. The molecule has 3 aromatic rings. The van der Waals surface area contributed by atoms with Gasteiger partial charge in [0, 0.05) is 0 Å². The molecule has 0 fully saturated rings. The molecule has 3 aromatic carbocycles. The van der Waals surface area contributed by atoms with Crippen molar-refractivity contribution in [3.63, 3.8) is 0 Å². The Morgan fingerprint density at radius 3 is 1.81 bits per heavy atom. The lowest BCUT2D eigenvalue weighted by atomic mass is 9.86. The Hall–Kier alpha value is -1.53. The maximum atomic E-state index is 2.35. The zero-order valence-electron chi connectivity index (χ0n) is 19.9. The third-order valence-corrected chi connectivity index (χ3v) is 6.71. The molecule has 0 radical (unpaired) electrons. The van der Waals surface area contributed by atoms with Crippen molar-refractivity contribution in [1.82, 2.24) is 0 Å². The van der Waals surface area contributed by atoms with Crippen LogP contribution in [-0.2, 0) is 12.8 Å². The number of aryl methyl sites for hydroxylation is 2. The van der Waals surface area contributed by atoms with Crippen LogP contribution in [0.15, 0.2) is 48.5 Å². The van der Waals surface area contributed by atoms with E-state index in [1.54, 1.807) is 11.1 Å². The molecule has 0 saturated carbocycles. The largest absolute Gasteiger partial charge is 0.147 e. The molecule has 0 atom stereocenters. The van der Waals surface area contributed by atoms with Crippen LogP contribution in [0.25, 0.3) is 21.5 Å². The number of unbranched alkanes of at least 4 members (excludes halogenated alkanes) is 9. The molecule has 1 aliphatic carbocycles. The summed E-state index contributed by atoms with van der Waals surface area (Å²) in [7, 11) is 0. The van der Waals surface area contributed by atoms with Gasteiger partial charge >= 0.3 is 0 Å². The lowest BCUT2D eigenvalue weighted by Crippen LogP contribution is -2.02. The van der Waals surface area contributed by atoms with Crippen LogP contribution in [0.2, 0.25) is 0 Å². The first-order chi connectivity index (χ1) is 14.8. The van der Waals surface area contributed by atoms with E-state index < -0.39 is 0 Å². The van der Waals surface area contributed by atoms with E-state index in [1.165, 1.54) is 111 Å². The SMILES string of the molecule is CCCCCCCCCCCC.Cl.c1ccc2c(c1)ccc1c3c(ccc12)CCCC3. The van der Waals surface area contributed by atoms with E-state index in [1.807, 2.05) is 0 Å². The van der Waals surface area contributed by atoms with Crippen LogP contribution in [0.5, 0.6) is 0 Å². The molecular formula is C30H43Cl. The van der Waals surface area contributed by atoms with Gasteiger partial charge < -0.3 is 0 Å². The number of hydrogen-bond acceptors (Lipinski definition) is 0. The van der Waals surface area contributed by atoms with Gasteiger partial charge in [0.25, 0.3) is 0 Å². The van der Waals surface area contributed by atoms with Gasteiger partial charge in [-0.3, -0.25) is 0 Å². The number of benzene rings is 3. The van der Waals surface area contributed by atoms with Gasteiger partial charge in [-0.05, 0) is 58.4 Å². The first-order valence-electron chi connectivity index (χ1n) is 12.8. The summed E-state index contributed by atoms with van der Waals surface area (Å²) in [5.41, 5.74) is 3.17. The van der Waals surface area contributed by atoms with Crippen molar-refractivity contribution >= 4 is 34.0 Å². The lowest BCUT2D eigenvalue weighted by Gasteiger charge is -2.18. The summed E-state index contributed by atoms with van der Waals surface area (Å²) in [6.07, 6.45) is 19.7. The molecule has 0 aromatic heterocycles. The molecule has 170 valence electrons. The maximum Gasteiger partial charge on any atom is -0.0102 e. The van der Waals surface area contributed by atoms with Crippen molar-refractivity contribution in [1.29, 1.82) is 0 Å². The summed E-state index contributed by atoms with van der Waals surface area (Å²) in [6, 6.07) is 18.0. The average molecular weight is 439 g/mol. The van der Waals surface area contributed by atoms with Crippen molar-refractivity contribution < 1.29 is 0 Å². The number of hydrogen-bond donors (Lipinski definition) is 0. The molecule has 0 N–H and O–H groups in total. The van der Waals surface area contributed by atoms with Gasteiger partial charge in [0.2, 0.25) is 0 Å². The summed E-state index contributed by atoms with van der Waals surface area (Å²) in [5, 5.41) is 5.64. The fraction of sp³-hybridized carbons (Fsp3) is 0.533. The van der Waals surface area contributed by atoms with Crippen molar-refractivity contribution in [3.05, 3.63) is 59.7 Å². The van der Waals surface area contributed by atoms with Crippen molar-refractivity contribution in [2.45, 2.75) is 104 Å². The van der Waals surface area contributed by atoms with Gasteiger partial charge in [0.15, 0.2) is 0 Å². The van der Waals surface area contributed by atoms with Crippen LogP contribution >= 0.6 is 12.4 Å². The molecule has 0 amide bonds. The third kappa shape index (κ3) is 7.53. The summed E-state index contributed by atoms with van der Waals surface area (Å²) in [5.74, 6) is 0. The second kappa shape index (κ2) is 14.5. The standard InChI is InChI=1S/C18H16.C12H26.ClH/c1-3-7-15-13(5-1)9-11-18-16-8-4-2-6-14(16)10-12-17(15)18;1-3-5-7-9-11-12-10-8-6-4-2;/h1,3,5,7,9-12H,2,4,6,8H2;3-12H2,1-2H3;1H. The van der Waals surface area contributed by atoms with E-state index >= 15 is 0 Å². The Balaban J connectivity index is 0.000000234. The molecule has 0 saturated heterocycles. The zero-order chi connectivity index (χ0) is 21.0. The van der Waals surface area contributed by atoms with Crippen LogP contribution in [0.4, 0.5) is 0 Å². The summed E-state index contributed by atoms with van der Waals surface area (Å²) < 4.78 is 0. The van der Waals surface area contributed by atoms with Gasteiger partial charge in [-0.1, -0.05) is 127 Å². The Bertz CT molecular complexity index is 885. The quantitative estimate of drug-likeness (QED) is 0.230. The second-order valence-electron chi connectivity index (χ2n) is 9.12. The Labute approximate surface area is 197 Å². The average Bonchev–Trinajstić information content (AvgIpc) is 2.81. The predicted octanol–water partition coefficient (Wildman–Crippen LogP) is 10.2. The highest BCUT2D eigenvalue weighted by Crippen LogP contribution is 2.33. The van der Waals surface area contributed by atoms with Gasteiger partial charge in [0.05, 0.1) is 0 Å². The number of halogens is 1. The highest BCUT2D eigenvalue weighted by molar-refractivity contribution is 6.08. The Kier molecular flexibility index (Phi) is 12.0. The van der Waals surface area contributed by atoms with Gasteiger partial charge in [-0.25, -0.2) is 0 Å². The minimum absolute atomic E-state index is 0. The van der Waals surface area contributed by atoms with Gasteiger partial charge in [0.1, 0.15) is 0 Å². The maximum absolute atomic E-state index is 2.35. The van der Waals surface area contributed by atoms with Gasteiger partial charge in [-0.2, -0.15) is 0 Å². The van der Waals surface area contributed by atoms with Crippen LogP contribution in [0.1, 0.15) is 102 Å². The van der Waals surface area contributed by atoms with Gasteiger partial charge in [-0.15, -0.1) is 12.4 Å². The molecule has 0 heterocycles. The fourth-order valence-electron chi connectivity index (χ4n) is 4.90. The van der Waals surface area contributed by atoms with E-state index in [0.29, 0.717) is 0 Å². The molecule has 1 heteroatoms. The van der Waals surface area contributed by atoms with Crippen molar-refractivity contribution in [2.24, 2.45) is 0 Å². The topological polar surface area (TPSA) is 0 Å². The summed E-state index contributed by atoms with van der Waals surface area (Å²) in [4.78, 5) is 0. The van der Waals surface area contributed by atoms with E-state index in [0.717, 1.165) is 0 Å². The van der Waals surface area contributed by atoms with E-state index in [-0.39, 0.29) is 12.4 Å². The Morgan fingerprint density at radius 2 is 1.13 bits per heavy atom. The minimum Gasteiger partial charge on any atom is -0.147 e. The molecular weight excluding hydrogens is 396 g/mol. The number of fused-ring (bicyclic) bond motifs is 5. The first-order valence-corrected chi connectivity index (χ1v) is 12.8. The highest BCUT2D eigenvalue weighted by atomic mass is 35.5. The normalized spacial score (nSPS) is 12.7. The lowest BCUT2D eigenvalue weighted by molar-refractivity contribution is 0.562. The highest BCUT2D eigenvalue weighted by Gasteiger charge is 2.13. The van der Waals surface area contributed by atoms with Crippen LogP contribution in [-0.4, -0.2) is 0 Å². The minimum atomic E-state index is 0. The molecule has 0 spiro atoms. The van der Waals surface area contributed by atoms with Crippen molar-refractivity contribution in [3.8, 4) is 0 Å². The molecule has 0 bridgehead atoms. The molecule has 0 aliphatic heterocycles. The molecule has 31 heavy (non-hydrogen) atoms. The van der Waals surface area contributed by atoms with Crippen LogP contribution in [0, 0.1) is 0 Å². The predicted molar refractivity (Wildman–Crippen MR) is 143 cm³/mol. The third-order valence-electron chi connectivity index (χ3n) is 6.71. The molecule has 4 rings (SSSR count). The first kappa shape index (κ1) is 25.7. The van der Waals surface area contributed by atoms with E-state index in [4.69, 9.17) is 0 Å². The zero-order valence-corrected chi connectivity index (χ0v) is 20.7. The Morgan fingerprint density at radius 1 is 0.548 bits per heavy atom. The summed E-state index contributed by atoms with van der Waals surface area (Å²) in [6.45, 7) is 4.56. The van der Waals surface area contributed by atoms with E-state index in [2.05, 4.69) is 62.4 Å². The summed E-state index contributed by atoms with van der Waals surface area (Å²) >= 11 is 0. The molecule has 0 nitrogen and oxygen atoms in total. The molecule has 1 aliphatic rings. The smallest absolute Gasteiger partial charge is 0.0102 e. The van der Waals surface area contributed by atoms with E-state index in [9.17, 15) is 0 Å². The second-order valence-corrected chi connectivity index (χ2v) is 9.12. The fourth-order valence-corrected chi connectivity index (χ4v) is 4.90.